The molecule has 2 heterocycles. The summed E-state index contributed by atoms with van der Waals surface area (Å²) in [6.07, 6.45) is -1.90. The molecule has 5 nitrogen and oxygen atoms in total. The predicted molar refractivity (Wildman–Crippen MR) is 103 cm³/mol. The third-order valence-electron chi connectivity index (χ3n) is 5.35. The summed E-state index contributed by atoms with van der Waals surface area (Å²) in [5, 5.41) is 3.94. The van der Waals surface area contributed by atoms with E-state index in [1.54, 1.807) is 14.1 Å². The van der Waals surface area contributed by atoms with E-state index in [4.69, 9.17) is 4.84 Å². The van der Waals surface area contributed by atoms with E-state index in [9.17, 15) is 18.0 Å². The molecule has 9 heteroatoms. The van der Waals surface area contributed by atoms with E-state index in [2.05, 4.69) is 21.1 Å². The third-order valence-corrected chi connectivity index (χ3v) is 5.82. The molecule has 1 amide bonds. The minimum Gasteiger partial charge on any atom is -0.391 e. The van der Waals surface area contributed by atoms with Crippen LogP contribution in [0.3, 0.4) is 0 Å². The molecule has 1 saturated heterocycles. The van der Waals surface area contributed by atoms with Gasteiger partial charge in [0.1, 0.15) is 16.8 Å². The van der Waals surface area contributed by atoms with Gasteiger partial charge in [-0.3, -0.25) is 9.69 Å². The number of nitrogens with zero attached hydrogens (tertiary/aromatic N) is 3. The Morgan fingerprint density at radius 3 is 2.32 bits per heavy atom. The van der Waals surface area contributed by atoms with Gasteiger partial charge in [0.25, 0.3) is 0 Å². The molecule has 0 spiro atoms. The SMILES string of the molecule is CN(C)C(=O)[C@H](c1ccc(C(F)(F)F)cc1)N1CCC([C@H]2CC(Br)=NO2)CC1. The fourth-order valence-corrected chi connectivity index (χ4v) is 4.18. The van der Waals surface area contributed by atoms with Gasteiger partial charge in [0, 0.05) is 26.4 Å². The Balaban J connectivity index is 1.73. The molecule has 1 fully saturated rings. The minimum atomic E-state index is -4.39. The fraction of sp³-hybridized carbons (Fsp3) is 0.579. The zero-order valence-corrected chi connectivity index (χ0v) is 17.3. The molecule has 2 aliphatic rings. The summed E-state index contributed by atoms with van der Waals surface area (Å²) in [6.45, 7) is 1.35. The van der Waals surface area contributed by atoms with Gasteiger partial charge >= 0.3 is 6.18 Å². The lowest BCUT2D eigenvalue weighted by Gasteiger charge is -2.39. The summed E-state index contributed by atoms with van der Waals surface area (Å²) in [5.74, 6) is 0.208. The number of alkyl halides is 3. The maximum absolute atomic E-state index is 12.9. The van der Waals surface area contributed by atoms with Crippen LogP contribution in [0.2, 0.25) is 0 Å². The number of halogens is 4. The van der Waals surface area contributed by atoms with Crippen LogP contribution in [0.1, 0.15) is 36.4 Å². The van der Waals surface area contributed by atoms with E-state index in [1.165, 1.54) is 17.0 Å². The Labute approximate surface area is 170 Å². The number of oxime groups is 1. The van der Waals surface area contributed by atoms with Gasteiger partial charge in [0.15, 0.2) is 0 Å². The number of hydrogen-bond donors (Lipinski definition) is 0. The van der Waals surface area contributed by atoms with Gasteiger partial charge < -0.3 is 9.74 Å². The lowest BCUT2D eigenvalue weighted by atomic mass is 9.88. The topological polar surface area (TPSA) is 45.1 Å². The van der Waals surface area contributed by atoms with Crippen LogP contribution in [-0.4, -0.2) is 53.6 Å². The molecule has 0 saturated carbocycles. The van der Waals surface area contributed by atoms with Crippen LogP contribution in [0, 0.1) is 5.92 Å². The number of likely N-dealkylation sites (tertiary alicyclic amines) is 1. The van der Waals surface area contributed by atoms with Gasteiger partial charge in [-0.1, -0.05) is 17.3 Å². The summed E-state index contributed by atoms with van der Waals surface area (Å²) in [6, 6.07) is 4.31. The van der Waals surface area contributed by atoms with Crippen LogP contribution < -0.4 is 0 Å². The van der Waals surface area contributed by atoms with Crippen LogP contribution in [0.15, 0.2) is 29.4 Å². The second kappa shape index (κ2) is 8.41. The van der Waals surface area contributed by atoms with Gasteiger partial charge in [-0.15, -0.1) is 0 Å². The monoisotopic (exact) mass is 461 g/mol. The zero-order chi connectivity index (χ0) is 20.5. The molecule has 0 aromatic heterocycles. The van der Waals surface area contributed by atoms with Gasteiger partial charge in [-0.2, -0.15) is 13.2 Å². The number of benzene rings is 1. The van der Waals surface area contributed by atoms with Crippen LogP contribution in [-0.2, 0) is 15.8 Å². The molecule has 28 heavy (non-hydrogen) atoms. The maximum Gasteiger partial charge on any atom is 0.416 e. The van der Waals surface area contributed by atoms with E-state index in [0.29, 0.717) is 24.6 Å². The number of piperidine rings is 1. The van der Waals surface area contributed by atoms with Crippen molar-refractivity contribution >= 4 is 26.5 Å². The Kier molecular flexibility index (Phi) is 6.34. The number of hydrogen-bond acceptors (Lipinski definition) is 4. The molecule has 0 N–H and O–H groups in total. The highest BCUT2D eigenvalue weighted by Gasteiger charge is 2.37. The minimum absolute atomic E-state index is 0.0468. The van der Waals surface area contributed by atoms with Crippen molar-refractivity contribution in [1.82, 2.24) is 9.80 Å². The molecule has 0 aliphatic carbocycles. The normalized spacial score (nSPS) is 22.5. The van der Waals surface area contributed by atoms with Crippen molar-refractivity contribution in [1.29, 1.82) is 0 Å². The summed E-state index contributed by atoms with van der Waals surface area (Å²) < 4.78 is 39.4. The number of likely N-dealkylation sites (N-methyl/N-ethyl adjacent to an activating group) is 1. The van der Waals surface area contributed by atoms with Crippen LogP contribution in [0.25, 0.3) is 0 Å². The number of amides is 1. The standard InChI is InChI=1S/C19H23BrF3N3O2/c1-25(2)18(27)17(13-3-5-14(6-4-13)19(21,22)23)26-9-7-12(8-10-26)15-11-16(20)24-28-15/h3-6,12,15,17H,7-11H2,1-2H3/t15-,17+/m1/s1. The predicted octanol–water partition coefficient (Wildman–Crippen LogP) is 4.04. The Hall–Kier alpha value is -1.61. The van der Waals surface area contributed by atoms with Crippen molar-refractivity contribution in [2.75, 3.05) is 27.2 Å². The first-order chi connectivity index (χ1) is 13.2. The summed E-state index contributed by atoms with van der Waals surface area (Å²) in [5.41, 5.74) is -0.136. The van der Waals surface area contributed by atoms with E-state index in [0.717, 1.165) is 36.0 Å². The molecule has 154 valence electrons. The number of carbonyl (C=O) groups excluding carboxylic acids is 1. The highest BCUT2D eigenvalue weighted by Crippen LogP contribution is 2.35. The first-order valence-electron chi connectivity index (χ1n) is 9.17. The Morgan fingerprint density at radius 1 is 1.25 bits per heavy atom. The molecular formula is C19H23BrF3N3O2. The van der Waals surface area contributed by atoms with Crippen LogP contribution in [0.5, 0.6) is 0 Å². The zero-order valence-electron chi connectivity index (χ0n) is 15.7. The second-order valence-electron chi connectivity index (χ2n) is 7.44. The van der Waals surface area contributed by atoms with Gasteiger partial charge in [0.2, 0.25) is 5.91 Å². The third kappa shape index (κ3) is 4.68. The molecule has 3 rings (SSSR count). The average Bonchev–Trinajstić information content (AvgIpc) is 3.08. The van der Waals surface area contributed by atoms with Gasteiger partial charge in [-0.05, 0) is 59.6 Å². The van der Waals surface area contributed by atoms with Crippen molar-refractivity contribution in [3.63, 3.8) is 0 Å². The largest absolute Gasteiger partial charge is 0.416 e. The summed E-state index contributed by atoms with van der Waals surface area (Å²) >= 11 is 3.35. The van der Waals surface area contributed by atoms with E-state index in [-0.39, 0.29) is 12.0 Å². The van der Waals surface area contributed by atoms with E-state index in [1.807, 2.05) is 4.90 Å². The molecule has 1 aromatic rings. The number of rotatable bonds is 4. The molecule has 0 bridgehead atoms. The smallest absolute Gasteiger partial charge is 0.391 e. The number of carbonyl (C=O) groups is 1. The Morgan fingerprint density at radius 2 is 1.86 bits per heavy atom. The van der Waals surface area contributed by atoms with Crippen LogP contribution >= 0.6 is 15.9 Å². The molecule has 2 aliphatic heterocycles. The molecule has 2 atom stereocenters. The maximum atomic E-state index is 12.9. The molecule has 0 radical (unpaired) electrons. The summed E-state index contributed by atoms with van der Waals surface area (Å²) in [4.78, 5) is 21.8. The van der Waals surface area contributed by atoms with Crippen molar-refractivity contribution in [2.24, 2.45) is 11.1 Å². The van der Waals surface area contributed by atoms with E-state index >= 15 is 0 Å². The highest BCUT2D eigenvalue weighted by molar-refractivity contribution is 9.18. The lowest BCUT2D eigenvalue weighted by Crippen LogP contribution is -2.45. The van der Waals surface area contributed by atoms with Gasteiger partial charge in [0.05, 0.1) is 5.56 Å². The van der Waals surface area contributed by atoms with E-state index < -0.39 is 17.8 Å². The average molecular weight is 462 g/mol. The van der Waals surface area contributed by atoms with Crippen LogP contribution in [0.4, 0.5) is 13.2 Å². The fourth-order valence-electron chi connectivity index (χ4n) is 3.78. The quantitative estimate of drug-likeness (QED) is 0.679. The highest BCUT2D eigenvalue weighted by atomic mass is 79.9. The van der Waals surface area contributed by atoms with Crippen molar-refractivity contribution in [2.45, 2.75) is 37.6 Å². The second-order valence-corrected chi connectivity index (χ2v) is 8.36. The van der Waals surface area contributed by atoms with Crippen molar-refractivity contribution < 1.29 is 22.8 Å². The first kappa shape index (κ1) is 21.1. The first-order valence-corrected chi connectivity index (χ1v) is 9.96. The lowest BCUT2D eigenvalue weighted by molar-refractivity contribution is -0.137. The van der Waals surface area contributed by atoms with Gasteiger partial charge in [-0.25, -0.2) is 0 Å². The van der Waals surface area contributed by atoms with Crippen molar-refractivity contribution in [3.05, 3.63) is 35.4 Å². The molecule has 1 aromatic carbocycles. The van der Waals surface area contributed by atoms with Crippen molar-refractivity contribution in [3.8, 4) is 0 Å². The summed E-state index contributed by atoms with van der Waals surface area (Å²) in [7, 11) is 3.32. The Bertz CT molecular complexity index is 729. The molecular weight excluding hydrogens is 439 g/mol. The molecule has 0 unspecified atom stereocenters.